The molecule has 0 saturated carbocycles. The van der Waals surface area contributed by atoms with Crippen molar-refractivity contribution in [1.29, 1.82) is 0 Å². The van der Waals surface area contributed by atoms with Gasteiger partial charge in [-0.05, 0) is 30.9 Å². The van der Waals surface area contributed by atoms with Gasteiger partial charge in [-0.25, -0.2) is 9.97 Å². The van der Waals surface area contributed by atoms with Crippen LogP contribution in [-0.4, -0.2) is 15.0 Å². The highest BCUT2D eigenvalue weighted by molar-refractivity contribution is 7.80. The Morgan fingerprint density at radius 1 is 1.53 bits per heavy atom. The summed E-state index contributed by atoms with van der Waals surface area (Å²) in [5.74, 6) is 0.572. The number of nitrogens with two attached hydrogens (primary N) is 1. The third kappa shape index (κ3) is 3.48. The van der Waals surface area contributed by atoms with Gasteiger partial charge in [0.15, 0.2) is 0 Å². The topological polar surface area (TPSA) is 63.8 Å². The molecule has 4 nitrogen and oxygen atoms in total. The number of thiophene rings is 1. The Kier molecular flexibility index (Phi) is 4.44. The van der Waals surface area contributed by atoms with Gasteiger partial charge in [-0.1, -0.05) is 25.2 Å². The second-order valence-corrected chi connectivity index (χ2v) is 5.62. The molecule has 0 radical (unpaired) electrons. The minimum atomic E-state index is 0.209. The van der Waals surface area contributed by atoms with E-state index in [1.807, 2.05) is 13.0 Å². The summed E-state index contributed by atoms with van der Waals surface area (Å²) in [4.78, 5) is 10.3. The van der Waals surface area contributed by atoms with Gasteiger partial charge in [0.25, 0.3) is 0 Å². The normalized spacial score (nSPS) is 12.1. The molecule has 0 amide bonds. The average molecular weight is 292 g/mol. The van der Waals surface area contributed by atoms with Gasteiger partial charge in [0.2, 0.25) is 5.95 Å². The van der Waals surface area contributed by atoms with Crippen LogP contribution in [0, 0.1) is 6.92 Å². The lowest BCUT2D eigenvalue weighted by molar-refractivity contribution is 0.750. The number of nitrogens with zero attached hydrogens (tertiary/aromatic N) is 2. The zero-order chi connectivity index (χ0) is 13.8. The molecular formula is C13H16N4S2. The third-order valence-corrected chi connectivity index (χ3v) is 3.90. The van der Waals surface area contributed by atoms with E-state index in [1.54, 1.807) is 17.4 Å². The Bertz CT molecular complexity index is 566. The standard InChI is InChI=1S/C13H16N4S2/c1-3-9(11-5-4-6-19-11)16-13-15-8(2)7-10(17-13)12(14)18/h4-7,9H,3H2,1-2H3,(H2,14,18)(H,15,16,17). The van der Waals surface area contributed by atoms with Gasteiger partial charge in [-0.15, -0.1) is 11.3 Å². The molecule has 19 heavy (non-hydrogen) atoms. The van der Waals surface area contributed by atoms with E-state index < -0.39 is 0 Å². The minimum Gasteiger partial charge on any atom is -0.388 e. The molecule has 1 atom stereocenters. The Balaban J connectivity index is 2.24. The fraction of sp³-hybridized carbons (Fsp3) is 0.308. The summed E-state index contributed by atoms with van der Waals surface area (Å²) in [6.07, 6.45) is 0.959. The Hall–Kier alpha value is -1.53. The summed E-state index contributed by atoms with van der Waals surface area (Å²) in [6, 6.07) is 6.15. The molecule has 2 aromatic heterocycles. The molecule has 0 aliphatic rings. The summed E-state index contributed by atoms with van der Waals surface area (Å²) in [5, 5.41) is 5.41. The number of anilines is 1. The molecule has 0 aromatic carbocycles. The minimum absolute atomic E-state index is 0.209. The molecule has 0 aliphatic heterocycles. The van der Waals surface area contributed by atoms with Crippen molar-refractivity contribution in [1.82, 2.24) is 9.97 Å². The smallest absolute Gasteiger partial charge is 0.224 e. The molecule has 1 unspecified atom stereocenters. The van der Waals surface area contributed by atoms with E-state index in [9.17, 15) is 0 Å². The number of hydrogen-bond acceptors (Lipinski definition) is 5. The van der Waals surface area contributed by atoms with Crippen LogP contribution in [0.5, 0.6) is 0 Å². The van der Waals surface area contributed by atoms with Gasteiger partial charge in [-0.3, -0.25) is 0 Å². The molecule has 0 aliphatic carbocycles. The van der Waals surface area contributed by atoms with Crippen LogP contribution in [0.4, 0.5) is 5.95 Å². The zero-order valence-corrected chi connectivity index (χ0v) is 12.5. The van der Waals surface area contributed by atoms with Gasteiger partial charge in [0.05, 0.1) is 6.04 Å². The molecule has 2 heterocycles. The van der Waals surface area contributed by atoms with Gasteiger partial charge >= 0.3 is 0 Å². The summed E-state index contributed by atoms with van der Waals surface area (Å²) in [6.45, 7) is 4.03. The van der Waals surface area contributed by atoms with Crippen LogP contribution >= 0.6 is 23.6 Å². The number of aryl methyl sites for hydroxylation is 1. The van der Waals surface area contributed by atoms with Crippen LogP contribution in [0.2, 0.25) is 0 Å². The molecule has 0 spiro atoms. The number of rotatable bonds is 5. The molecule has 3 N–H and O–H groups in total. The van der Waals surface area contributed by atoms with E-state index in [-0.39, 0.29) is 11.0 Å². The zero-order valence-electron chi connectivity index (χ0n) is 10.9. The summed E-state index contributed by atoms with van der Waals surface area (Å²) >= 11 is 6.69. The van der Waals surface area contributed by atoms with Gasteiger partial charge in [0.1, 0.15) is 10.7 Å². The van der Waals surface area contributed by atoms with Crippen LogP contribution in [0.15, 0.2) is 23.6 Å². The molecule has 2 rings (SSSR count). The van der Waals surface area contributed by atoms with E-state index in [4.69, 9.17) is 18.0 Å². The maximum absolute atomic E-state index is 5.62. The van der Waals surface area contributed by atoms with Crippen molar-refractivity contribution in [3.63, 3.8) is 0 Å². The summed E-state index contributed by atoms with van der Waals surface area (Å²) in [5.41, 5.74) is 7.08. The molecule has 0 fully saturated rings. The lowest BCUT2D eigenvalue weighted by Gasteiger charge is -2.16. The van der Waals surface area contributed by atoms with E-state index in [0.717, 1.165) is 12.1 Å². The fourth-order valence-corrected chi connectivity index (χ4v) is 2.74. The maximum Gasteiger partial charge on any atom is 0.224 e. The predicted octanol–water partition coefficient (Wildman–Crippen LogP) is 3.04. The highest BCUT2D eigenvalue weighted by Gasteiger charge is 2.12. The number of nitrogens with one attached hydrogen (secondary N) is 1. The first-order chi connectivity index (χ1) is 9.10. The lowest BCUT2D eigenvalue weighted by atomic mass is 10.2. The van der Waals surface area contributed by atoms with E-state index in [1.165, 1.54) is 4.88 Å². The second kappa shape index (κ2) is 6.08. The Labute approximate surface area is 122 Å². The highest BCUT2D eigenvalue weighted by atomic mass is 32.1. The van der Waals surface area contributed by atoms with Crippen molar-refractivity contribution in [3.8, 4) is 0 Å². The quantitative estimate of drug-likeness (QED) is 0.829. The van der Waals surface area contributed by atoms with Crippen LogP contribution in [0.25, 0.3) is 0 Å². The largest absolute Gasteiger partial charge is 0.388 e. The Morgan fingerprint density at radius 3 is 2.89 bits per heavy atom. The van der Waals surface area contributed by atoms with Crippen LogP contribution in [-0.2, 0) is 0 Å². The number of hydrogen-bond donors (Lipinski definition) is 2. The van der Waals surface area contributed by atoms with Gasteiger partial charge < -0.3 is 11.1 Å². The number of thiocarbonyl (C=S) groups is 1. The molecule has 0 bridgehead atoms. The summed E-state index contributed by atoms with van der Waals surface area (Å²) < 4.78 is 0. The molecule has 100 valence electrons. The first kappa shape index (κ1) is 13.9. The SMILES string of the molecule is CCC(Nc1nc(C)cc(C(N)=S)n1)c1cccs1. The molecule has 0 saturated heterocycles. The molecular weight excluding hydrogens is 276 g/mol. The third-order valence-electron chi connectivity index (χ3n) is 2.70. The van der Waals surface area contributed by atoms with E-state index in [0.29, 0.717) is 11.6 Å². The van der Waals surface area contributed by atoms with Crippen molar-refractivity contribution in [3.05, 3.63) is 39.8 Å². The molecule has 6 heteroatoms. The average Bonchev–Trinajstić information content (AvgIpc) is 2.89. The van der Waals surface area contributed by atoms with Gasteiger partial charge in [-0.2, -0.15) is 0 Å². The second-order valence-electron chi connectivity index (χ2n) is 4.20. The van der Waals surface area contributed by atoms with Crippen molar-refractivity contribution in [2.24, 2.45) is 5.73 Å². The highest BCUT2D eigenvalue weighted by Crippen LogP contribution is 2.24. The van der Waals surface area contributed by atoms with Gasteiger partial charge in [0, 0.05) is 10.6 Å². The lowest BCUT2D eigenvalue weighted by Crippen LogP contribution is -2.16. The fourth-order valence-electron chi connectivity index (χ4n) is 1.78. The predicted molar refractivity (Wildman–Crippen MR) is 83.6 cm³/mol. The van der Waals surface area contributed by atoms with Crippen molar-refractivity contribution in [2.75, 3.05) is 5.32 Å². The molecule has 2 aromatic rings. The van der Waals surface area contributed by atoms with Crippen LogP contribution in [0.1, 0.15) is 35.7 Å². The van der Waals surface area contributed by atoms with E-state index in [2.05, 4.69) is 33.7 Å². The first-order valence-corrected chi connectivity index (χ1v) is 7.34. The van der Waals surface area contributed by atoms with Crippen molar-refractivity contribution >= 4 is 34.5 Å². The monoisotopic (exact) mass is 292 g/mol. The van der Waals surface area contributed by atoms with Crippen LogP contribution < -0.4 is 11.1 Å². The first-order valence-electron chi connectivity index (χ1n) is 6.05. The van der Waals surface area contributed by atoms with E-state index >= 15 is 0 Å². The Morgan fingerprint density at radius 2 is 2.32 bits per heavy atom. The summed E-state index contributed by atoms with van der Waals surface area (Å²) in [7, 11) is 0. The number of aromatic nitrogens is 2. The van der Waals surface area contributed by atoms with Crippen LogP contribution in [0.3, 0.4) is 0 Å². The van der Waals surface area contributed by atoms with Crippen molar-refractivity contribution in [2.45, 2.75) is 26.3 Å². The maximum atomic E-state index is 5.62. The van der Waals surface area contributed by atoms with Crippen molar-refractivity contribution < 1.29 is 0 Å².